The molecule has 23 heavy (non-hydrogen) atoms. The largest absolute Gasteiger partial charge is 0.478 e. The third-order valence-corrected chi connectivity index (χ3v) is 4.14. The lowest BCUT2D eigenvalue weighted by Crippen LogP contribution is -2.21. The zero-order chi connectivity index (χ0) is 15.8. The third kappa shape index (κ3) is 2.55. The van der Waals surface area contributed by atoms with Crippen LogP contribution in [0.25, 0.3) is 0 Å². The number of benzene rings is 1. The standard InChI is InChI=1S/C18H15N3O2/c22-18(23)13-6-7-15(19-8-13)17-14-10-21(11-16(14)20-17)9-12-4-2-1-3-5-12/h1-8H,9-11H2,(H,22,23). The normalized spacial score (nSPS) is 16.8. The number of nitrogens with zero attached hydrogens (tertiary/aromatic N) is 3. The molecule has 1 aromatic heterocycles. The molecule has 1 N–H and O–H groups in total. The topological polar surface area (TPSA) is 65.8 Å². The van der Waals surface area contributed by atoms with E-state index in [1.54, 1.807) is 12.1 Å². The van der Waals surface area contributed by atoms with Crippen LogP contribution in [0.4, 0.5) is 0 Å². The molecule has 114 valence electrons. The van der Waals surface area contributed by atoms with Crippen LogP contribution in [-0.2, 0) is 6.54 Å². The van der Waals surface area contributed by atoms with E-state index in [9.17, 15) is 4.79 Å². The Morgan fingerprint density at radius 3 is 2.65 bits per heavy atom. The summed E-state index contributed by atoms with van der Waals surface area (Å²) in [7, 11) is 0. The summed E-state index contributed by atoms with van der Waals surface area (Å²) in [5.41, 5.74) is 5.49. The van der Waals surface area contributed by atoms with Gasteiger partial charge in [-0.25, -0.2) is 9.79 Å². The van der Waals surface area contributed by atoms with Gasteiger partial charge in [0.2, 0.25) is 0 Å². The van der Waals surface area contributed by atoms with Crippen LogP contribution in [0.2, 0.25) is 0 Å². The van der Waals surface area contributed by atoms with Gasteiger partial charge < -0.3 is 5.11 Å². The number of carbonyl (C=O) groups is 1. The first-order chi connectivity index (χ1) is 11.2. The van der Waals surface area contributed by atoms with Crippen molar-refractivity contribution in [1.29, 1.82) is 0 Å². The number of aromatic carboxylic acids is 1. The Hall–Kier alpha value is -2.79. The molecule has 0 fully saturated rings. The molecule has 4 rings (SSSR count). The van der Waals surface area contributed by atoms with Crippen molar-refractivity contribution in [2.24, 2.45) is 4.99 Å². The number of carboxylic acid groups (broad SMARTS) is 1. The summed E-state index contributed by atoms with van der Waals surface area (Å²) in [6.45, 7) is 2.63. The summed E-state index contributed by atoms with van der Waals surface area (Å²) >= 11 is 0. The van der Waals surface area contributed by atoms with Crippen LogP contribution in [0.3, 0.4) is 0 Å². The lowest BCUT2D eigenvalue weighted by Gasteiger charge is -2.16. The Kier molecular flexibility index (Phi) is 3.28. The molecule has 2 aliphatic rings. The molecule has 0 amide bonds. The summed E-state index contributed by atoms with van der Waals surface area (Å²) < 4.78 is 0. The molecular weight excluding hydrogens is 290 g/mol. The predicted molar refractivity (Wildman–Crippen MR) is 86.5 cm³/mol. The van der Waals surface area contributed by atoms with Crippen LogP contribution in [0.1, 0.15) is 21.6 Å². The van der Waals surface area contributed by atoms with E-state index < -0.39 is 5.97 Å². The molecule has 5 heteroatoms. The number of hydrogen-bond donors (Lipinski definition) is 1. The number of carboxylic acids is 1. The number of rotatable bonds is 4. The van der Waals surface area contributed by atoms with E-state index in [-0.39, 0.29) is 5.56 Å². The second-order valence-electron chi connectivity index (χ2n) is 5.75. The molecule has 0 aliphatic carbocycles. The Morgan fingerprint density at radius 2 is 1.96 bits per heavy atom. The average molecular weight is 305 g/mol. The van der Waals surface area contributed by atoms with Gasteiger partial charge in [-0.3, -0.25) is 9.88 Å². The summed E-state index contributed by atoms with van der Waals surface area (Å²) in [5, 5.41) is 8.92. The molecule has 2 aliphatic heterocycles. The summed E-state index contributed by atoms with van der Waals surface area (Å²) in [6, 6.07) is 13.7. The van der Waals surface area contributed by atoms with Crippen molar-refractivity contribution in [2.45, 2.75) is 6.54 Å². The van der Waals surface area contributed by atoms with Crippen molar-refractivity contribution < 1.29 is 9.90 Å². The lowest BCUT2D eigenvalue weighted by atomic mass is 10.0. The van der Waals surface area contributed by atoms with E-state index >= 15 is 0 Å². The fourth-order valence-corrected chi connectivity index (χ4v) is 2.97. The van der Waals surface area contributed by atoms with Gasteiger partial charge in [0.1, 0.15) is 0 Å². The highest BCUT2D eigenvalue weighted by atomic mass is 16.4. The summed E-state index contributed by atoms with van der Waals surface area (Å²) in [4.78, 5) is 22.0. The van der Waals surface area contributed by atoms with Crippen LogP contribution < -0.4 is 0 Å². The number of hydrogen-bond acceptors (Lipinski definition) is 4. The predicted octanol–water partition coefficient (Wildman–Crippen LogP) is 2.35. The minimum atomic E-state index is -0.964. The molecule has 0 saturated heterocycles. The van der Waals surface area contributed by atoms with E-state index in [1.165, 1.54) is 17.3 Å². The second-order valence-corrected chi connectivity index (χ2v) is 5.75. The first-order valence-corrected chi connectivity index (χ1v) is 7.48. The molecular formula is C18H15N3O2. The molecule has 0 bridgehead atoms. The SMILES string of the molecule is O=C(O)c1ccc(C2=NC3=C2CN(Cc2ccccc2)C3)nc1. The van der Waals surface area contributed by atoms with Crippen LogP contribution in [-0.4, -0.2) is 39.8 Å². The maximum absolute atomic E-state index is 10.9. The Balaban J connectivity index is 1.43. The van der Waals surface area contributed by atoms with Crippen LogP contribution in [0.5, 0.6) is 0 Å². The van der Waals surface area contributed by atoms with Gasteiger partial charge in [-0.1, -0.05) is 30.3 Å². The van der Waals surface area contributed by atoms with Gasteiger partial charge in [0.15, 0.2) is 0 Å². The van der Waals surface area contributed by atoms with Gasteiger partial charge >= 0.3 is 5.97 Å². The molecule has 0 atom stereocenters. The minimum absolute atomic E-state index is 0.194. The molecule has 3 heterocycles. The van der Waals surface area contributed by atoms with Gasteiger partial charge in [0.05, 0.1) is 22.7 Å². The Labute approximate surface area is 133 Å². The van der Waals surface area contributed by atoms with Gasteiger partial charge in [-0.15, -0.1) is 0 Å². The molecule has 0 unspecified atom stereocenters. The fraction of sp³-hybridized carbons (Fsp3) is 0.167. The Bertz CT molecular complexity index is 823. The molecule has 2 aromatic rings. The van der Waals surface area contributed by atoms with E-state index in [1.807, 2.05) is 6.07 Å². The highest BCUT2D eigenvalue weighted by Gasteiger charge is 2.32. The van der Waals surface area contributed by atoms with Crippen molar-refractivity contribution in [3.05, 3.63) is 76.8 Å². The minimum Gasteiger partial charge on any atom is -0.478 e. The zero-order valence-electron chi connectivity index (χ0n) is 12.4. The van der Waals surface area contributed by atoms with Crippen LogP contribution >= 0.6 is 0 Å². The second kappa shape index (κ2) is 5.44. The van der Waals surface area contributed by atoms with Crippen molar-refractivity contribution in [3.8, 4) is 0 Å². The molecule has 5 nitrogen and oxygen atoms in total. The van der Waals surface area contributed by atoms with Gasteiger partial charge in [-0.05, 0) is 17.7 Å². The van der Waals surface area contributed by atoms with Crippen LogP contribution in [0, 0.1) is 0 Å². The fourth-order valence-electron chi connectivity index (χ4n) is 2.97. The monoisotopic (exact) mass is 305 g/mol. The lowest BCUT2D eigenvalue weighted by molar-refractivity contribution is 0.0696. The molecule has 0 spiro atoms. The molecule has 0 saturated carbocycles. The zero-order valence-corrected chi connectivity index (χ0v) is 12.4. The molecule has 1 aromatic carbocycles. The highest BCUT2D eigenvalue weighted by Crippen LogP contribution is 2.31. The Morgan fingerprint density at radius 1 is 1.13 bits per heavy atom. The third-order valence-electron chi connectivity index (χ3n) is 4.14. The van der Waals surface area contributed by atoms with Gasteiger partial charge in [0, 0.05) is 31.4 Å². The number of aromatic nitrogens is 1. The maximum Gasteiger partial charge on any atom is 0.337 e. The van der Waals surface area contributed by atoms with Gasteiger partial charge in [-0.2, -0.15) is 0 Å². The van der Waals surface area contributed by atoms with E-state index in [2.05, 4.69) is 39.1 Å². The summed E-state index contributed by atoms with van der Waals surface area (Å²) in [6.07, 6.45) is 1.38. The smallest absolute Gasteiger partial charge is 0.337 e. The number of aliphatic imine (C=N–C) groups is 1. The first kappa shape index (κ1) is 13.8. The van der Waals surface area contributed by atoms with Crippen molar-refractivity contribution in [1.82, 2.24) is 9.88 Å². The van der Waals surface area contributed by atoms with E-state index in [0.29, 0.717) is 0 Å². The number of pyridine rings is 1. The van der Waals surface area contributed by atoms with Gasteiger partial charge in [0.25, 0.3) is 0 Å². The molecule has 0 radical (unpaired) electrons. The maximum atomic E-state index is 10.9. The van der Waals surface area contributed by atoms with Crippen molar-refractivity contribution >= 4 is 11.7 Å². The van der Waals surface area contributed by atoms with E-state index in [0.717, 1.165) is 36.7 Å². The summed E-state index contributed by atoms with van der Waals surface area (Å²) in [5.74, 6) is -0.964. The highest BCUT2D eigenvalue weighted by molar-refractivity contribution is 6.17. The average Bonchev–Trinajstić information content (AvgIpc) is 2.86. The van der Waals surface area contributed by atoms with Crippen LogP contribution in [0.15, 0.2) is 64.9 Å². The quantitative estimate of drug-likeness (QED) is 0.941. The first-order valence-electron chi connectivity index (χ1n) is 7.48. The van der Waals surface area contributed by atoms with E-state index in [4.69, 9.17) is 5.11 Å². The van der Waals surface area contributed by atoms with Crippen molar-refractivity contribution in [3.63, 3.8) is 0 Å². The van der Waals surface area contributed by atoms with Crippen molar-refractivity contribution in [2.75, 3.05) is 13.1 Å².